The van der Waals surface area contributed by atoms with E-state index in [4.69, 9.17) is 20.8 Å². The molecule has 0 bridgehead atoms. The molecule has 1 unspecified atom stereocenters. The maximum absolute atomic E-state index is 12.3. The molecular weight excluding hydrogens is 302 g/mol. The van der Waals surface area contributed by atoms with Crippen LogP contribution in [0.2, 0.25) is 5.02 Å². The second kappa shape index (κ2) is 6.99. The van der Waals surface area contributed by atoms with Gasteiger partial charge in [-0.3, -0.25) is 4.79 Å². The zero-order chi connectivity index (χ0) is 15.4. The Hall–Kier alpha value is -1.78. The van der Waals surface area contributed by atoms with Crippen molar-refractivity contribution in [1.82, 2.24) is 4.90 Å². The summed E-state index contributed by atoms with van der Waals surface area (Å²) < 4.78 is 11.0. The van der Waals surface area contributed by atoms with Gasteiger partial charge in [0, 0.05) is 24.4 Å². The average Bonchev–Trinajstić information content (AvgIpc) is 3.07. The molecule has 1 aromatic heterocycles. The summed E-state index contributed by atoms with van der Waals surface area (Å²) in [4.78, 5) is 14.2. The second-order valence-electron chi connectivity index (χ2n) is 5.33. The predicted molar refractivity (Wildman–Crippen MR) is 83.8 cm³/mol. The van der Waals surface area contributed by atoms with Gasteiger partial charge >= 0.3 is 0 Å². The van der Waals surface area contributed by atoms with Gasteiger partial charge in [0.2, 0.25) is 5.91 Å². The van der Waals surface area contributed by atoms with Gasteiger partial charge in [0.1, 0.15) is 11.9 Å². The highest BCUT2D eigenvalue weighted by molar-refractivity contribution is 6.30. The number of aryl methyl sites for hydroxylation is 1. The van der Waals surface area contributed by atoms with Crippen molar-refractivity contribution in [2.45, 2.75) is 18.9 Å². The molecule has 1 saturated heterocycles. The lowest BCUT2D eigenvalue weighted by molar-refractivity contribution is -0.139. The minimum absolute atomic E-state index is 0.0846. The van der Waals surface area contributed by atoms with Gasteiger partial charge in [-0.25, -0.2) is 0 Å². The van der Waals surface area contributed by atoms with Crippen LogP contribution in [0, 0.1) is 0 Å². The molecule has 1 aliphatic rings. The molecule has 0 spiro atoms. The summed E-state index contributed by atoms with van der Waals surface area (Å²) in [7, 11) is 0. The molecule has 2 heterocycles. The lowest BCUT2D eigenvalue weighted by Crippen LogP contribution is -2.42. The van der Waals surface area contributed by atoms with E-state index in [0.29, 0.717) is 37.6 Å². The Morgan fingerprint density at radius 1 is 1.27 bits per heavy atom. The van der Waals surface area contributed by atoms with Crippen molar-refractivity contribution in [3.63, 3.8) is 0 Å². The van der Waals surface area contributed by atoms with Crippen LogP contribution in [0.1, 0.15) is 23.8 Å². The Kier molecular flexibility index (Phi) is 4.80. The first kappa shape index (κ1) is 15.1. The van der Waals surface area contributed by atoms with Crippen LogP contribution in [0.4, 0.5) is 0 Å². The molecule has 1 aromatic carbocycles. The fourth-order valence-electron chi connectivity index (χ4n) is 2.60. The summed E-state index contributed by atoms with van der Waals surface area (Å²) in [6.45, 7) is 1.78. The number of benzene rings is 1. The summed E-state index contributed by atoms with van der Waals surface area (Å²) in [5.41, 5.74) is 1.05. The van der Waals surface area contributed by atoms with Crippen molar-refractivity contribution in [3.05, 3.63) is 59.0 Å². The van der Waals surface area contributed by atoms with Gasteiger partial charge in [0.25, 0.3) is 0 Å². The van der Waals surface area contributed by atoms with E-state index in [9.17, 15) is 4.79 Å². The van der Waals surface area contributed by atoms with E-state index in [1.807, 2.05) is 41.3 Å². The number of carbonyl (C=O) groups is 1. The van der Waals surface area contributed by atoms with Gasteiger partial charge in [-0.05, 0) is 29.8 Å². The van der Waals surface area contributed by atoms with Crippen molar-refractivity contribution < 1.29 is 13.9 Å². The number of ether oxygens (including phenoxy) is 1. The quantitative estimate of drug-likeness (QED) is 0.866. The monoisotopic (exact) mass is 319 g/mol. The number of furan rings is 1. The van der Waals surface area contributed by atoms with Gasteiger partial charge in [0.15, 0.2) is 0 Å². The molecule has 0 N–H and O–H groups in total. The summed E-state index contributed by atoms with van der Waals surface area (Å²) in [6.07, 6.45) is 2.64. The van der Waals surface area contributed by atoms with Crippen LogP contribution in [-0.4, -0.2) is 30.5 Å². The van der Waals surface area contributed by atoms with E-state index in [1.165, 1.54) is 0 Å². The van der Waals surface area contributed by atoms with Gasteiger partial charge < -0.3 is 14.1 Å². The fourth-order valence-corrected chi connectivity index (χ4v) is 2.72. The number of hydrogen-bond acceptors (Lipinski definition) is 3. The maximum atomic E-state index is 12.3. The highest BCUT2D eigenvalue weighted by atomic mass is 35.5. The Labute approximate surface area is 134 Å². The van der Waals surface area contributed by atoms with Crippen LogP contribution in [-0.2, 0) is 16.0 Å². The lowest BCUT2D eigenvalue weighted by Gasteiger charge is -2.33. The first-order valence-electron chi connectivity index (χ1n) is 7.39. The van der Waals surface area contributed by atoms with E-state index >= 15 is 0 Å². The number of nitrogens with zero attached hydrogens (tertiary/aromatic N) is 1. The number of hydrogen-bond donors (Lipinski definition) is 0. The molecule has 1 atom stereocenters. The summed E-state index contributed by atoms with van der Waals surface area (Å²) in [5, 5.41) is 0.700. The molecule has 0 saturated carbocycles. The summed E-state index contributed by atoms with van der Waals surface area (Å²) >= 11 is 5.91. The van der Waals surface area contributed by atoms with Crippen molar-refractivity contribution in [2.75, 3.05) is 19.7 Å². The van der Waals surface area contributed by atoms with Crippen molar-refractivity contribution in [1.29, 1.82) is 0 Å². The lowest BCUT2D eigenvalue weighted by atomic mass is 10.1. The van der Waals surface area contributed by atoms with E-state index in [-0.39, 0.29) is 12.0 Å². The van der Waals surface area contributed by atoms with E-state index in [0.717, 1.165) is 11.3 Å². The van der Waals surface area contributed by atoms with Crippen LogP contribution in [0.15, 0.2) is 47.1 Å². The Balaban J connectivity index is 1.57. The molecule has 3 rings (SSSR count). The SMILES string of the molecule is O=C(CCc1ccco1)N1CCOC(c2ccc(Cl)cc2)C1. The van der Waals surface area contributed by atoms with Crippen LogP contribution in [0.5, 0.6) is 0 Å². The Bertz CT molecular complexity index is 609. The van der Waals surface area contributed by atoms with Crippen LogP contribution in [0.25, 0.3) is 0 Å². The first-order valence-corrected chi connectivity index (χ1v) is 7.77. The third kappa shape index (κ3) is 3.70. The van der Waals surface area contributed by atoms with Gasteiger partial charge in [-0.1, -0.05) is 23.7 Å². The molecule has 22 heavy (non-hydrogen) atoms. The van der Waals surface area contributed by atoms with Crippen LogP contribution in [0.3, 0.4) is 0 Å². The van der Waals surface area contributed by atoms with Crippen molar-refractivity contribution >= 4 is 17.5 Å². The molecule has 1 aliphatic heterocycles. The molecule has 1 amide bonds. The number of carbonyl (C=O) groups excluding carboxylic acids is 1. The highest BCUT2D eigenvalue weighted by Crippen LogP contribution is 2.24. The van der Waals surface area contributed by atoms with Crippen molar-refractivity contribution in [3.8, 4) is 0 Å². The minimum Gasteiger partial charge on any atom is -0.469 e. The third-order valence-corrected chi connectivity index (χ3v) is 4.08. The maximum Gasteiger partial charge on any atom is 0.223 e. The zero-order valence-corrected chi connectivity index (χ0v) is 13.0. The van der Waals surface area contributed by atoms with E-state index in [1.54, 1.807) is 6.26 Å². The van der Waals surface area contributed by atoms with E-state index in [2.05, 4.69) is 0 Å². The largest absolute Gasteiger partial charge is 0.469 e. The van der Waals surface area contributed by atoms with Crippen LogP contribution < -0.4 is 0 Å². The average molecular weight is 320 g/mol. The third-order valence-electron chi connectivity index (χ3n) is 3.83. The topological polar surface area (TPSA) is 42.7 Å². The fraction of sp³-hybridized carbons (Fsp3) is 0.353. The zero-order valence-electron chi connectivity index (χ0n) is 12.2. The number of halogens is 1. The number of amides is 1. The second-order valence-corrected chi connectivity index (χ2v) is 5.77. The molecule has 0 radical (unpaired) electrons. The van der Waals surface area contributed by atoms with E-state index < -0.39 is 0 Å². The van der Waals surface area contributed by atoms with Gasteiger partial charge in [-0.2, -0.15) is 0 Å². The Morgan fingerprint density at radius 3 is 2.82 bits per heavy atom. The molecular formula is C17H18ClNO3. The van der Waals surface area contributed by atoms with Crippen molar-refractivity contribution in [2.24, 2.45) is 0 Å². The standard InChI is InChI=1S/C17H18ClNO3/c18-14-5-3-13(4-6-14)16-12-19(9-11-22-16)17(20)8-7-15-2-1-10-21-15/h1-6,10,16H,7-9,11-12H2. The molecule has 1 fully saturated rings. The smallest absolute Gasteiger partial charge is 0.223 e. The van der Waals surface area contributed by atoms with Crippen LogP contribution >= 0.6 is 11.6 Å². The molecule has 2 aromatic rings. The number of morpholine rings is 1. The van der Waals surface area contributed by atoms with Gasteiger partial charge in [-0.15, -0.1) is 0 Å². The minimum atomic E-state index is -0.0846. The molecule has 5 heteroatoms. The summed E-state index contributed by atoms with van der Waals surface area (Å²) in [5.74, 6) is 0.981. The highest BCUT2D eigenvalue weighted by Gasteiger charge is 2.25. The molecule has 116 valence electrons. The summed E-state index contributed by atoms with van der Waals surface area (Å²) in [6, 6.07) is 11.3. The number of rotatable bonds is 4. The molecule has 4 nitrogen and oxygen atoms in total. The van der Waals surface area contributed by atoms with Gasteiger partial charge in [0.05, 0.1) is 19.4 Å². The molecule has 0 aliphatic carbocycles. The Morgan fingerprint density at radius 2 is 2.09 bits per heavy atom. The first-order chi connectivity index (χ1) is 10.7. The predicted octanol–water partition coefficient (Wildman–Crippen LogP) is 3.47. The normalized spacial score (nSPS) is 18.4.